The van der Waals surface area contributed by atoms with Gasteiger partial charge in [-0.15, -0.1) is 0 Å². The number of aryl methyl sites for hydroxylation is 1. The zero-order valence-electron chi connectivity index (χ0n) is 17.1. The maximum absolute atomic E-state index is 13.4. The average Bonchev–Trinajstić information content (AvgIpc) is 2.78. The fourth-order valence-corrected chi connectivity index (χ4v) is 5.30. The van der Waals surface area contributed by atoms with Gasteiger partial charge in [-0.3, -0.25) is 4.79 Å². The first kappa shape index (κ1) is 21.2. The number of carbonyl (C=O) groups is 1. The number of hydrogen-bond donors (Lipinski definition) is 1. The first-order chi connectivity index (χ1) is 14.8. The number of benzene rings is 3. The van der Waals surface area contributed by atoms with Crippen LogP contribution in [-0.4, -0.2) is 24.7 Å². The van der Waals surface area contributed by atoms with E-state index in [0.29, 0.717) is 6.54 Å². The zero-order chi connectivity index (χ0) is 22.0. The van der Waals surface area contributed by atoms with E-state index in [1.807, 2.05) is 55.5 Å². The molecule has 1 heterocycles. The van der Waals surface area contributed by atoms with E-state index >= 15 is 0 Å². The van der Waals surface area contributed by atoms with Crippen LogP contribution in [0.5, 0.6) is 0 Å². The molecule has 7 heteroatoms. The Morgan fingerprint density at radius 3 is 2.32 bits per heavy atom. The monoisotopic (exact) mass is 438 g/mol. The second kappa shape index (κ2) is 8.61. The molecule has 1 aliphatic rings. The first-order valence-electron chi connectivity index (χ1n) is 10.0. The normalized spacial score (nSPS) is 16.5. The molecule has 5 nitrogen and oxygen atoms in total. The summed E-state index contributed by atoms with van der Waals surface area (Å²) in [6.45, 7) is 2.38. The fraction of sp³-hybridized carbons (Fsp3) is 0.208. The lowest BCUT2D eigenvalue weighted by Gasteiger charge is -2.35. The third-order valence-electron chi connectivity index (χ3n) is 5.52. The van der Waals surface area contributed by atoms with E-state index in [9.17, 15) is 17.6 Å². The van der Waals surface area contributed by atoms with E-state index in [1.165, 1.54) is 16.4 Å². The van der Waals surface area contributed by atoms with Crippen LogP contribution in [0.1, 0.15) is 22.3 Å². The van der Waals surface area contributed by atoms with Gasteiger partial charge in [0.05, 0.1) is 4.90 Å². The molecule has 1 amide bonds. The third-order valence-corrected chi connectivity index (χ3v) is 7.38. The number of amides is 1. The van der Waals surface area contributed by atoms with Crippen LogP contribution in [0.25, 0.3) is 0 Å². The molecule has 1 aliphatic heterocycles. The van der Waals surface area contributed by atoms with Gasteiger partial charge in [0.2, 0.25) is 15.9 Å². The van der Waals surface area contributed by atoms with E-state index in [4.69, 9.17) is 0 Å². The molecule has 0 saturated heterocycles. The first-order valence-corrected chi connectivity index (χ1v) is 11.5. The second-order valence-corrected chi connectivity index (χ2v) is 9.59. The van der Waals surface area contributed by atoms with Crippen LogP contribution in [0.2, 0.25) is 0 Å². The summed E-state index contributed by atoms with van der Waals surface area (Å²) < 4.78 is 41.3. The lowest BCUT2D eigenvalue weighted by Crippen LogP contribution is -2.52. The van der Waals surface area contributed by atoms with Crippen LogP contribution < -0.4 is 5.32 Å². The molecule has 160 valence electrons. The summed E-state index contributed by atoms with van der Waals surface area (Å²) in [5.41, 5.74) is 3.86. The van der Waals surface area contributed by atoms with Crippen molar-refractivity contribution in [3.05, 3.63) is 101 Å². The summed E-state index contributed by atoms with van der Waals surface area (Å²) in [6.07, 6.45) is 0.274. The highest BCUT2D eigenvalue weighted by molar-refractivity contribution is 7.89. The van der Waals surface area contributed by atoms with Crippen molar-refractivity contribution in [1.29, 1.82) is 0 Å². The van der Waals surface area contributed by atoms with Crippen LogP contribution >= 0.6 is 0 Å². The molecule has 31 heavy (non-hydrogen) atoms. The highest BCUT2D eigenvalue weighted by Crippen LogP contribution is 2.29. The topological polar surface area (TPSA) is 66.5 Å². The molecule has 1 atom stereocenters. The maximum atomic E-state index is 13.4. The molecule has 0 radical (unpaired) electrons. The molecular weight excluding hydrogens is 415 g/mol. The van der Waals surface area contributed by atoms with Crippen molar-refractivity contribution in [2.75, 3.05) is 0 Å². The van der Waals surface area contributed by atoms with Crippen molar-refractivity contribution in [3.8, 4) is 0 Å². The lowest BCUT2D eigenvalue weighted by molar-refractivity contribution is -0.125. The minimum Gasteiger partial charge on any atom is -0.351 e. The molecule has 0 aliphatic carbocycles. The molecule has 4 rings (SSSR count). The van der Waals surface area contributed by atoms with Gasteiger partial charge in [-0.1, -0.05) is 54.1 Å². The molecule has 0 bridgehead atoms. The van der Waals surface area contributed by atoms with Gasteiger partial charge in [0.25, 0.3) is 0 Å². The number of nitrogens with one attached hydrogen (secondary N) is 1. The number of sulfonamides is 1. The van der Waals surface area contributed by atoms with E-state index in [2.05, 4.69) is 5.32 Å². The van der Waals surface area contributed by atoms with Gasteiger partial charge >= 0.3 is 0 Å². The van der Waals surface area contributed by atoms with Crippen molar-refractivity contribution in [3.63, 3.8) is 0 Å². The van der Waals surface area contributed by atoms with Crippen molar-refractivity contribution in [2.45, 2.75) is 37.4 Å². The standard InChI is InChI=1S/C24H23FN2O3S/c1-17-6-8-18(9-7-17)15-26-24(28)23-14-19-4-2-3-5-20(19)16-27(23)31(29,30)22-12-10-21(25)11-13-22/h2-13,23H,14-16H2,1H3,(H,26,28). The Labute approximate surface area is 181 Å². The summed E-state index contributed by atoms with van der Waals surface area (Å²) in [6, 6.07) is 19.1. The van der Waals surface area contributed by atoms with E-state index in [-0.39, 0.29) is 23.8 Å². The van der Waals surface area contributed by atoms with Crippen LogP contribution in [0.4, 0.5) is 4.39 Å². The van der Waals surface area contributed by atoms with Crippen LogP contribution in [-0.2, 0) is 34.3 Å². The lowest BCUT2D eigenvalue weighted by atomic mass is 9.95. The Hall–Kier alpha value is -3.03. The van der Waals surface area contributed by atoms with Gasteiger partial charge in [0.1, 0.15) is 11.9 Å². The van der Waals surface area contributed by atoms with Gasteiger partial charge in [0.15, 0.2) is 0 Å². The molecule has 1 unspecified atom stereocenters. The van der Waals surface area contributed by atoms with Gasteiger partial charge in [0, 0.05) is 13.1 Å². The number of fused-ring (bicyclic) bond motifs is 1. The minimum atomic E-state index is -4.00. The number of rotatable bonds is 5. The third kappa shape index (κ3) is 4.52. The predicted molar refractivity (Wildman–Crippen MR) is 116 cm³/mol. The summed E-state index contributed by atoms with van der Waals surface area (Å²) in [5, 5.41) is 2.88. The molecule has 0 spiro atoms. The average molecular weight is 439 g/mol. The van der Waals surface area contributed by atoms with Gasteiger partial charge in [-0.2, -0.15) is 4.31 Å². The largest absolute Gasteiger partial charge is 0.351 e. The molecule has 0 aromatic heterocycles. The Balaban J connectivity index is 1.63. The zero-order valence-corrected chi connectivity index (χ0v) is 17.9. The van der Waals surface area contributed by atoms with Crippen molar-refractivity contribution >= 4 is 15.9 Å². The fourth-order valence-electron chi connectivity index (χ4n) is 3.73. The number of hydrogen-bond acceptors (Lipinski definition) is 3. The van der Waals surface area contributed by atoms with E-state index in [1.54, 1.807) is 0 Å². The Morgan fingerprint density at radius 2 is 1.65 bits per heavy atom. The highest BCUT2D eigenvalue weighted by atomic mass is 32.2. The maximum Gasteiger partial charge on any atom is 0.244 e. The Bertz CT molecular complexity index is 1190. The Morgan fingerprint density at radius 1 is 1.00 bits per heavy atom. The Kier molecular flexibility index (Phi) is 5.89. The summed E-state index contributed by atoms with van der Waals surface area (Å²) in [5.74, 6) is -0.879. The molecule has 0 fully saturated rings. The predicted octanol–water partition coefficient (Wildman–Crippen LogP) is 3.57. The van der Waals surface area contributed by atoms with E-state index in [0.717, 1.165) is 34.4 Å². The van der Waals surface area contributed by atoms with Gasteiger partial charge in [-0.05, 0) is 54.3 Å². The van der Waals surface area contributed by atoms with Crippen LogP contribution in [0, 0.1) is 12.7 Å². The number of halogens is 1. The number of carbonyl (C=O) groups excluding carboxylic acids is 1. The van der Waals surface area contributed by atoms with Gasteiger partial charge < -0.3 is 5.32 Å². The summed E-state index contributed by atoms with van der Waals surface area (Å²) in [4.78, 5) is 13.1. The molecule has 1 N–H and O–H groups in total. The minimum absolute atomic E-state index is 0.0374. The van der Waals surface area contributed by atoms with Crippen LogP contribution in [0.15, 0.2) is 77.7 Å². The van der Waals surface area contributed by atoms with E-state index < -0.39 is 21.9 Å². The number of nitrogens with zero attached hydrogens (tertiary/aromatic N) is 1. The smallest absolute Gasteiger partial charge is 0.244 e. The highest BCUT2D eigenvalue weighted by Gasteiger charge is 2.39. The van der Waals surface area contributed by atoms with Gasteiger partial charge in [-0.25, -0.2) is 12.8 Å². The molecule has 3 aromatic carbocycles. The van der Waals surface area contributed by atoms with Crippen molar-refractivity contribution in [2.24, 2.45) is 0 Å². The molecule has 3 aromatic rings. The molecular formula is C24H23FN2O3S. The quantitative estimate of drug-likeness (QED) is 0.662. The molecule has 0 saturated carbocycles. The van der Waals surface area contributed by atoms with Crippen molar-refractivity contribution < 1.29 is 17.6 Å². The van der Waals surface area contributed by atoms with Crippen LogP contribution in [0.3, 0.4) is 0 Å². The summed E-state index contributed by atoms with van der Waals surface area (Å²) >= 11 is 0. The second-order valence-electron chi connectivity index (χ2n) is 7.70. The van der Waals surface area contributed by atoms with Crippen molar-refractivity contribution in [1.82, 2.24) is 9.62 Å². The SMILES string of the molecule is Cc1ccc(CNC(=O)C2Cc3ccccc3CN2S(=O)(=O)c2ccc(F)cc2)cc1. The summed E-state index contributed by atoms with van der Waals surface area (Å²) in [7, 11) is -4.00.